The van der Waals surface area contributed by atoms with Crippen LogP contribution in [0.25, 0.3) is 0 Å². The monoisotopic (exact) mass is 452 g/mol. The molecule has 0 saturated carbocycles. The molecule has 0 unspecified atom stereocenters. The summed E-state index contributed by atoms with van der Waals surface area (Å²) in [6.07, 6.45) is 1.35. The molecule has 0 atom stereocenters. The van der Waals surface area contributed by atoms with E-state index >= 15 is 0 Å². The van der Waals surface area contributed by atoms with E-state index in [0.29, 0.717) is 36.2 Å². The third kappa shape index (κ3) is 5.82. The number of nitrogens with one attached hydrogen (secondary N) is 2. The van der Waals surface area contributed by atoms with Crippen molar-refractivity contribution in [3.63, 3.8) is 0 Å². The number of hydrogen-bond acceptors (Lipinski definition) is 3. The number of hydrogen-bond donors (Lipinski definition) is 3. The fraction of sp³-hybridized carbons (Fsp3) is 0.263. The highest BCUT2D eigenvalue weighted by atomic mass is 127. The molecule has 25 heavy (non-hydrogen) atoms. The van der Waals surface area contributed by atoms with Crippen molar-refractivity contribution >= 4 is 40.1 Å². The van der Waals surface area contributed by atoms with E-state index < -0.39 is 0 Å². The van der Waals surface area contributed by atoms with Gasteiger partial charge in [-0.2, -0.15) is 0 Å². The third-order valence-electron chi connectivity index (χ3n) is 3.63. The van der Waals surface area contributed by atoms with Crippen molar-refractivity contribution in [3.8, 4) is 0 Å². The Kier molecular flexibility index (Phi) is 7.39. The van der Waals surface area contributed by atoms with E-state index in [4.69, 9.17) is 5.11 Å². The van der Waals surface area contributed by atoms with Crippen LogP contribution in [-0.2, 0) is 0 Å². The van der Waals surface area contributed by atoms with Crippen molar-refractivity contribution in [1.82, 2.24) is 5.32 Å². The second-order valence-corrected chi connectivity index (χ2v) is 6.95. The average molecular weight is 452 g/mol. The molecule has 0 radical (unpaired) electrons. The lowest BCUT2D eigenvalue weighted by Crippen LogP contribution is -2.26. The maximum absolute atomic E-state index is 12.5. The quantitative estimate of drug-likeness (QED) is 0.446. The van der Waals surface area contributed by atoms with Crippen LogP contribution in [0, 0.1) is 10.5 Å². The Labute approximate surface area is 161 Å². The van der Waals surface area contributed by atoms with Crippen molar-refractivity contribution in [3.05, 3.63) is 62.7 Å². The van der Waals surface area contributed by atoms with Gasteiger partial charge in [-0.15, -0.1) is 0 Å². The van der Waals surface area contributed by atoms with Gasteiger partial charge < -0.3 is 15.7 Å². The van der Waals surface area contributed by atoms with Crippen LogP contribution >= 0.6 is 22.6 Å². The summed E-state index contributed by atoms with van der Waals surface area (Å²) in [6, 6.07) is 12.6. The predicted molar refractivity (Wildman–Crippen MR) is 107 cm³/mol. The van der Waals surface area contributed by atoms with Gasteiger partial charge in [-0.3, -0.25) is 9.59 Å². The van der Waals surface area contributed by atoms with Gasteiger partial charge in [0.05, 0.1) is 11.3 Å². The van der Waals surface area contributed by atoms with E-state index in [0.717, 1.165) is 9.13 Å². The van der Waals surface area contributed by atoms with Crippen molar-refractivity contribution in [2.24, 2.45) is 0 Å². The van der Waals surface area contributed by atoms with Crippen molar-refractivity contribution in [2.75, 3.05) is 18.5 Å². The van der Waals surface area contributed by atoms with Crippen molar-refractivity contribution in [2.45, 2.75) is 19.8 Å². The highest BCUT2D eigenvalue weighted by molar-refractivity contribution is 14.1. The topological polar surface area (TPSA) is 78.4 Å². The first-order valence-electron chi connectivity index (χ1n) is 8.08. The maximum Gasteiger partial charge on any atom is 0.255 e. The molecule has 0 aliphatic carbocycles. The second-order valence-electron chi connectivity index (χ2n) is 5.70. The average Bonchev–Trinajstić information content (AvgIpc) is 2.60. The molecule has 2 amide bonds. The summed E-state index contributed by atoms with van der Waals surface area (Å²) in [4.78, 5) is 24.9. The van der Waals surface area contributed by atoms with E-state index in [1.807, 2.05) is 25.1 Å². The number of carbonyl (C=O) groups is 2. The molecule has 0 spiro atoms. The van der Waals surface area contributed by atoms with Crippen LogP contribution in [0.4, 0.5) is 5.69 Å². The first-order chi connectivity index (χ1) is 12.0. The lowest BCUT2D eigenvalue weighted by molar-refractivity contribution is 0.0953. The van der Waals surface area contributed by atoms with Gasteiger partial charge in [0, 0.05) is 22.3 Å². The predicted octanol–water partition coefficient (Wildman–Crippen LogP) is 3.35. The minimum absolute atomic E-state index is 0.108. The molecule has 0 fully saturated rings. The number of aliphatic hydroxyl groups is 1. The summed E-state index contributed by atoms with van der Waals surface area (Å²) < 4.78 is 0.909. The lowest BCUT2D eigenvalue weighted by Gasteiger charge is -2.12. The number of rotatable bonds is 7. The normalized spacial score (nSPS) is 10.4. The molecule has 5 nitrogen and oxygen atoms in total. The highest BCUT2D eigenvalue weighted by Crippen LogP contribution is 2.20. The van der Waals surface area contributed by atoms with Crippen LogP contribution in [0.5, 0.6) is 0 Å². The fourth-order valence-electron chi connectivity index (χ4n) is 2.33. The van der Waals surface area contributed by atoms with Crippen LogP contribution in [0.2, 0.25) is 0 Å². The van der Waals surface area contributed by atoms with Crippen LogP contribution in [0.3, 0.4) is 0 Å². The molecular weight excluding hydrogens is 431 g/mol. The van der Waals surface area contributed by atoms with Gasteiger partial charge >= 0.3 is 0 Å². The molecule has 0 aromatic heterocycles. The number of carbonyl (C=O) groups excluding carboxylic acids is 2. The van der Waals surface area contributed by atoms with Crippen LogP contribution in [-0.4, -0.2) is 30.1 Å². The summed E-state index contributed by atoms with van der Waals surface area (Å²) in [7, 11) is 0. The van der Waals surface area contributed by atoms with Crippen LogP contribution in [0.1, 0.15) is 39.1 Å². The Balaban J connectivity index is 2.15. The Morgan fingerprint density at radius 3 is 2.60 bits per heavy atom. The summed E-state index contributed by atoms with van der Waals surface area (Å²) in [5.74, 6) is -0.491. The Morgan fingerprint density at radius 1 is 1.08 bits per heavy atom. The number of aryl methyl sites for hydroxylation is 1. The van der Waals surface area contributed by atoms with Crippen LogP contribution < -0.4 is 10.6 Å². The minimum atomic E-state index is -0.251. The number of anilines is 1. The van der Waals surface area contributed by atoms with Gasteiger partial charge in [0.15, 0.2) is 0 Å². The molecule has 6 heteroatoms. The van der Waals surface area contributed by atoms with Gasteiger partial charge in [-0.1, -0.05) is 17.7 Å². The molecule has 0 aliphatic rings. The second kappa shape index (κ2) is 9.53. The standard InChI is InChI=1S/C19H21IN2O3/c1-13-5-4-6-14(11-13)18(24)22-17-8-7-15(20)12-16(17)19(25)21-9-2-3-10-23/h4-8,11-12,23H,2-3,9-10H2,1H3,(H,21,25)(H,22,24). The first-order valence-corrected chi connectivity index (χ1v) is 9.16. The van der Waals surface area contributed by atoms with Gasteiger partial charge in [-0.25, -0.2) is 0 Å². The zero-order valence-corrected chi connectivity index (χ0v) is 16.2. The van der Waals surface area contributed by atoms with E-state index in [2.05, 4.69) is 33.2 Å². The molecule has 3 N–H and O–H groups in total. The molecule has 0 bridgehead atoms. The zero-order chi connectivity index (χ0) is 18.2. The molecule has 2 aromatic rings. The molecule has 0 heterocycles. The van der Waals surface area contributed by atoms with Gasteiger partial charge in [0.25, 0.3) is 11.8 Å². The molecule has 132 valence electrons. The molecule has 2 aromatic carbocycles. The summed E-state index contributed by atoms with van der Waals surface area (Å²) in [5.41, 5.74) is 2.45. The summed E-state index contributed by atoms with van der Waals surface area (Å²) in [5, 5.41) is 14.4. The Bertz CT molecular complexity index is 762. The van der Waals surface area contributed by atoms with E-state index in [-0.39, 0.29) is 18.4 Å². The Hall–Kier alpha value is -1.93. The van der Waals surface area contributed by atoms with E-state index in [1.165, 1.54) is 0 Å². The molecule has 0 saturated heterocycles. The highest BCUT2D eigenvalue weighted by Gasteiger charge is 2.15. The first kappa shape index (κ1) is 19.4. The van der Waals surface area contributed by atoms with Gasteiger partial charge in [0.1, 0.15) is 0 Å². The van der Waals surface area contributed by atoms with E-state index in [1.54, 1.807) is 24.3 Å². The van der Waals surface area contributed by atoms with Gasteiger partial charge in [0.2, 0.25) is 0 Å². The summed E-state index contributed by atoms with van der Waals surface area (Å²) >= 11 is 2.13. The van der Waals surface area contributed by atoms with Crippen molar-refractivity contribution < 1.29 is 14.7 Å². The number of benzene rings is 2. The largest absolute Gasteiger partial charge is 0.396 e. The lowest BCUT2D eigenvalue weighted by atomic mass is 10.1. The SMILES string of the molecule is Cc1cccc(C(=O)Nc2ccc(I)cc2C(=O)NCCCCO)c1. The molecule has 0 aliphatic heterocycles. The molecule has 2 rings (SSSR count). The number of aliphatic hydroxyl groups excluding tert-OH is 1. The Morgan fingerprint density at radius 2 is 1.88 bits per heavy atom. The minimum Gasteiger partial charge on any atom is -0.396 e. The van der Waals surface area contributed by atoms with Crippen LogP contribution in [0.15, 0.2) is 42.5 Å². The van der Waals surface area contributed by atoms with Crippen molar-refractivity contribution in [1.29, 1.82) is 0 Å². The smallest absolute Gasteiger partial charge is 0.255 e. The number of unbranched alkanes of at least 4 members (excludes halogenated alkanes) is 1. The third-order valence-corrected chi connectivity index (χ3v) is 4.30. The summed E-state index contributed by atoms with van der Waals surface area (Å²) in [6.45, 7) is 2.51. The maximum atomic E-state index is 12.5. The van der Waals surface area contributed by atoms with Gasteiger partial charge in [-0.05, 0) is 72.7 Å². The molecular formula is C19H21IN2O3. The zero-order valence-electron chi connectivity index (χ0n) is 14.0. The number of halogens is 1. The van der Waals surface area contributed by atoms with E-state index in [9.17, 15) is 9.59 Å². The fourth-order valence-corrected chi connectivity index (χ4v) is 2.82. The number of amides is 2.